The molecule has 0 saturated heterocycles. The molecule has 2 aromatic carbocycles. The SMILES string of the molecule is CN(C)CCCn1c(=O)c2sc3cc([N+](=O)[O-])ccc3c2c2ccccc21. The fourth-order valence-electron chi connectivity index (χ4n) is 3.54. The Labute approximate surface area is 159 Å². The third-order valence-electron chi connectivity index (χ3n) is 4.78. The first-order valence-electron chi connectivity index (χ1n) is 8.74. The van der Waals surface area contributed by atoms with E-state index < -0.39 is 4.92 Å². The molecule has 0 saturated carbocycles. The predicted molar refractivity (Wildman–Crippen MR) is 111 cm³/mol. The molecule has 7 heteroatoms. The number of rotatable bonds is 5. The van der Waals surface area contributed by atoms with Gasteiger partial charge in [0.2, 0.25) is 0 Å². The number of non-ortho nitro benzene ring substituents is 1. The van der Waals surface area contributed by atoms with Gasteiger partial charge in [-0.2, -0.15) is 0 Å². The molecule has 6 nitrogen and oxygen atoms in total. The largest absolute Gasteiger partial charge is 0.309 e. The summed E-state index contributed by atoms with van der Waals surface area (Å²) in [5, 5.41) is 13.9. The fraction of sp³-hybridized carbons (Fsp3) is 0.250. The van der Waals surface area contributed by atoms with Gasteiger partial charge in [-0.3, -0.25) is 14.9 Å². The van der Waals surface area contributed by atoms with Crippen LogP contribution in [0.5, 0.6) is 0 Å². The summed E-state index contributed by atoms with van der Waals surface area (Å²) >= 11 is 1.34. The molecule has 0 amide bonds. The Balaban J connectivity index is 2.02. The van der Waals surface area contributed by atoms with E-state index in [1.165, 1.54) is 17.4 Å². The number of aromatic nitrogens is 1. The molecular weight excluding hydrogens is 362 g/mol. The first-order valence-corrected chi connectivity index (χ1v) is 9.56. The highest BCUT2D eigenvalue weighted by Gasteiger charge is 2.17. The smallest absolute Gasteiger partial charge is 0.270 e. The molecule has 2 heterocycles. The van der Waals surface area contributed by atoms with Crippen molar-refractivity contribution in [2.45, 2.75) is 13.0 Å². The average molecular weight is 381 g/mol. The van der Waals surface area contributed by atoms with Crippen LogP contribution in [0.2, 0.25) is 0 Å². The van der Waals surface area contributed by atoms with Gasteiger partial charge in [0.15, 0.2) is 0 Å². The minimum atomic E-state index is -0.401. The zero-order valence-electron chi connectivity index (χ0n) is 15.1. The number of hydrogen-bond donors (Lipinski definition) is 0. The highest BCUT2D eigenvalue weighted by Crippen LogP contribution is 2.38. The average Bonchev–Trinajstić information content (AvgIpc) is 3.03. The molecule has 138 valence electrons. The van der Waals surface area contributed by atoms with Gasteiger partial charge in [-0.05, 0) is 39.2 Å². The lowest BCUT2D eigenvalue weighted by Crippen LogP contribution is -2.23. The summed E-state index contributed by atoms with van der Waals surface area (Å²) in [6.45, 7) is 1.54. The molecule has 0 spiro atoms. The topological polar surface area (TPSA) is 68.4 Å². The zero-order chi connectivity index (χ0) is 19.1. The summed E-state index contributed by atoms with van der Waals surface area (Å²) in [5.74, 6) is 0. The number of fused-ring (bicyclic) bond motifs is 5. The number of para-hydroxylation sites is 1. The molecule has 2 aromatic heterocycles. The number of pyridine rings is 1. The van der Waals surface area contributed by atoms with Crippen molar-refractivity contribution in [1.82, 2.24) is 9.47 Å². The summed E-state index contributed by atoms with van der Waals surface area (Å²) in [4.78, 5) is 26.0. The van der Waals surface area contributed by atoms with E-state index in [4.69, 9.17) is 0 Å². The third-order valence-corrected chi connectivity index (χ3v) is 5.92. The van der Waals surface area contributed by atoms with E-state index in [1.54, 1.807) is 12.1 Å². The van der Waals surface area contributed by atoms with Crippen LogP contribution >= 0.6 is 11.3 Å². The summed E-state index contributed by atoms with van der Waals surface area (Å²) < 4.78 is 3.27. The molecule has 0 aliphatic carbocycles. The van der Waals surface area contributed by atoms with Crippen LogP contribution in [0.1, 0.15) is 6.42 Å². The number of nitro benzene ring substituents is 1. The van der Waals surface area contributed by atoms with Crippen molar-refractivity contribution in [1.29, 1.82) is 0 Å². The van der Waals surface area contributed by atoms with E-state index in [9.17, 15) is 14.9 Å². The molecule has 0 aliphatic rings. The van der Waals surface area contributed by atoms with Crippen molar-refractivity contribution >= 4 is 48.1 Å². The van der Waals surface area contributed by atoms with Crippen LogP contribution < -0.4 is 5.56 Å². The van der Waals surface area contributed by atoms with Crippen LogP contribution in [0.4, 0.5) is 5.69 Å². The Morgan fingerprint density at radius 2 is 1.93 bits per heavy atom. The lowest BCUT2D eigenvalue weighted by molar-refractivity contribution is -0.384. The molecule has 4 aromatic rings. The second-order valence-electron chi connectivity index (χ2n) is 6.87. The maximum atomic E-state index is 13.2. The van der Waals surface area contributed by atoms with E-state index in [-0.39, 0.29) is 11.2 Å². The van der Waals surface area contributed by atoms with Crippen molar-refractivity contribution in [3.63, 3.8) is 0 Å². The van der Waals surface area contributed by atoms with Crippen LogP contribution in [0.25, 0.3) is 31.1 Å². The maximum absolute atomic E-state index is 13.2. The van der Waals surface area contributed by atoms with Crippen molar-refractivity contribution in [3.8, 4) is 0 Å². The predicted octanol–water partition coefficient (Wildman–Crippen LogP) is 4.23. The van der Waals surface area contributed by atoms with E-state index in [2.05, 4.69) is 4.90 Å². The molecule has 0 radical (unpaired) electrons. The number of nitro groups is 1. The standard InChI is InChI=1S/C20H19N3O3S/c1-21(2)10-5-11-22-16-7-4-3-6-14(16)18-15-9-8-13(23(25)26)12-17(15)27-19(18)20(22)24/h3-4,6-9,12H,5,10-11H2,1-2H3. The lowest BCUT2D eigenvalue weighted by atomic mass is 10.1. The number of nitrogens with zero attached hydrogens (tertiary/aromatic N) is 3. The molecule has 27 heavy (non-hydrogen) atoms. The van der Waals surface area contributed by atoms with Crippen LogP contribution in [-0.4, -0.2) is 35.0 Å². The second-order valence-corrected chi connectivity index (χ2v) is 7.93. The Hall–Kier alpha value is -2.77. The number of thiophene rings is 1. The first kappa shape index (κ1) is 17.6. The molecule has 0 N–H and O–H groups in total. The summed E-state index contributed by atoms with van der Waals surface area (Å²) in [5.41, 5.74) is 0.933. The number of benzene rings is 2. The normalized spacial score (nSPS) is 11.8. The monoisotopic (exact) mass is 381 g/mol. The molecular formula is C20H19N3O3S. The van der Waals surface area contributed by atoms with Gasteiger partial charge < -0.3 is 9.47 Å². The highest BCUT2D eigenvalue weighted by atomic mass is 32.1. The van der Waals surface area contributed by atoms with Gasteiger partial charge in [-0.1, -0.05) is 18.2 Å². The molecule has 4 rings (SSSR count). The lowest BCUT2D eigenvalue weighted by Gasteiger charge is -2.13. The van der Waals surface area contributed by atoms with E-state index in [0.717, 1.165) is 39.3 Å². The molecule has 0 atom stereocenters. The Morgan fingerprint density at radius 1 is 1.15 bits per heavy atom. The van der Waals surface area contributed by atoms with Crippen LogP contribution in [-0.2, 0) is 6.54 Å². The fourth-order valence-corrected chi connectivity index (χ4v) is 4.74. The van der Waals surface area contributed by atoms with Crippen LogP contribution in [0.3, 0.4) is 0 Å². The molecule has 0 bridgehead atoms. The summed E-state index contributed by atoms with van der Waals surface area (Å²) in [6, 6.07) is 12.7. The first-order chi connectivity index (χ1) is 13.0. The Morgan fingerprint density at radius 3 is 2.67 bits per heavy atom. The number of hydrogen-bond acceptors (Lipinski definition) is 5. The molecule has 0 unspecified atom stereocenters. The van der Waals surface area contributed by atoms with E-state index >= 15 is 0 Å². The maximum Gasteiger partial charge on any atom is 0.270 e. The molecule has 0 fully saturated rings. The van der Waals surface area contributed by atoms with Crippen molar-refractivity contribution in [2.24, 2.45) is 0 Å². The Bertz CT molecular complexity index is 1240. The van der Waals surface area contributed by atoms with Gasteiger partial charge in [0, 0.05) is 39.5 Å². The minimum Gasteiger partial charge on any atom is -0.309 e. The van der Waals surface area contributed by atoms with Crippen molar-refractivity contribution in [2.75, 3.05) is 20.6 Å². The summed E-state index contributed by atoms with van der Waals surface area (Å²) in [6.07, 6.45) is 0.874. The second kappa shape index (κ2) is 6.75. The Kier molecular flexibility index (Phi) is 4.41. The van der Waals surface area contributed by atoms with Gasteiger partial charge in [0.25, 0.3) is 11.2 Å². The van der Waals surface area contributed by atoms with E-state index in [0.29, 0.717) is 11.2 Å². The van der Waals surface area contributed by atoms with Gasteiger partial charge in [-0.25, -0.2) is 0 Å². The molecule has 0 aliphatic heterocycles. The number of aryl methyl sites for hydroxylation is 1. The van der Waals surface area contributed by atoms with Gasteiger partial charge in [-0.15, -0.1) is 11.3 Å². The van der Waals surface area contributed by atoms with E-state index in [1.807, 2.05) is 42.9 Å². The zero-order valence-corrected chi connectivity index (χ0v) is 16.0. The highest BCUT2D eigenvalue weighted by molar-refractivity contribution is 7.26. The van der Waals surface area contributed by atoms with Gasteiger partial charge in [0.05, 0.1) is 10.4 Å². The summed E-state index contributed by atoms with van der Waals surface area (Å²) in [7, 11) is 4.03. The van der Waals surface area contributed by atoms with Crippen molar-refractivity contribution in [3.05, 3.63) is 62.9 Å². The van der Waals surface area contributed by atoms with Gasteiger partial charge in [0.1, 0.15) is 4.70 Å². The van der Waals surface area contributed by atoms with Crippen LogP contribution in [0, 0.1) is 10.1 Å². The van der Waals surface area contributed by atoms with Gasteiger partial charge >= 0.3 is 0 Å². The van der Waals surface area contributed by atoms with Crippen molar-refractivity contribution < 1.29 is 4.92 Å². The minimum absolute atomic E-state index is 0.0219. The quantitative estimate of drug-likeness (QED) is 0.383. The third kappa shape index (κ3) is 2.98. The van der Waals surface area contributed by atoms with Crippen LogP contribution in [0.15, 0.2) is 47.3 Å².